The molecule has 0 unspecified atom stereocenters. The van der Waals surface area contributed by atoms with Crippen LogP contribution in [0.4, 0.5) is 5.69 Å². The first-order chi connectivity index (χ1) is 12.1. The first-order valence-corrected chi connectivity index (χ1v) is 9.08. The van der Waals surface area contributed by atoms with E-state index >= 15 is 0 Å². The molecule has 1 aromatic heterocycles. The zero-order valence-electron chi connectivity index (χ0n) is 13.9. The van der Waals surface area contributed by atoms with E-state index in [0.29, 0.717) is 16.8 Å². The molecule has 1 N–H and O–H groups in total. The number of anilines is 1. The molecule has 0 aliphatic heterocycles. The van der Waals surface area contributed by atoms with E-state index in [1.54, 1.807) is 35.6 Å². The van der Waals surface area contributed by atoms with Crippen molar-refractivity contribution in [1.29, 1.82) is 5.26 Å². The van der Waals surface area contributed by atoms with E-state index in [1.807, 2.05) is 11.4 Å². The van der Waals surface area contributed by atoms with Crippen molar-refractivity contribution >= 4 is 28.9 Å². The second-order valence-electron chi connectivity index (χ2n) is 5.95. The Labute approximate surface area is 150 Å². The standard InChI is InChI=1S/C19H18N2O3S/c1-12(18(22)21-16-8-4-2-6-13(16)10-20)24-19(23)15-11-25-17-9-5-3-7-14(15)17/h2,4,6,8,11-12H,3,5,7,9H2,1H3,(H,21,22)/t12-/m0/s1. The molecule has 1 aromatic carbocycles. The number of para-hydroxylation sites is 1. The molecule has 0 bridgehead atoms. The zero-order chi connectivity index (χ0) is 17.8. The second-order valence-corrected chi connectivity index (χ2v) is 6.92. The van der Waals surface area contributed by atoms with Crippen molar-refractivity contribution in [1.82, 2.24) is 0 Å². The maximum atomic E-state index is 12.4. The Morgan fingerprint density at radius 2 is 2.04 bits per heavy atom. The summed E-state index contributed by atoms with van der Waals surface area (Å²) in [5.74, 6) is -0.921. The normalized spacial score (nSPS) is 14.1. The van der Waals surface area contributed by atoms with Gasteiger partial charge >= 0.3 is 5.97 Å². The molecule has 0 spiro atoms. The Kier molecular flexibility index (Phi) is 5.15. The highest BCUT2D eigenvalue weighted by Crippen LogP contribution is 2.30. The highest BCUT2D eigenvalue weighted by atomic mass is 32.1. The number of fused-ring (bicyclic) bond motifs is 1. The number of hydrogen-bond donors (Lipinski definition) is 1. The van der Waals surface area contributed by atoms with Gasteiger partial charge in [0.25, 0.3) is 5.91 Å². The number of rotatable bonds is 4. The molecule has 0 saturated heterocycles. The van der Waals surface area contributed by atoms with Gasteiger partial charge in [-0.3, -0.25) is 4.79 Å². The Hall–Kier alpha value is -2.65. The summed E-state index contributed by atoms with van der Waals surface area (Å²) in [6, 6.07) is 8.72. The van der Waals surface area contributed by atoms with Crippen molar-refractivity contribution in [3.63, 3.8) is 0 Å². The maximum absolute atomic E-state index is 12.4. The molecule has 3 rings (SSSR count). The predicted octanol–water partition coefficient (Wildman–Crippen LogP) is 3.68. The van der Waals surface area contributed by atoms with Crippen LogP contribution in [0.3, 0.4) is 0 Å². The number of carbonyl (C=O) groups is 2. The number of esters is 1. The van der Waals surface area contributed by atoms with E-state index in [2.05, 4.69) is 5.32 Å². The minimum absolute atomic E-state index is 0.362. The molecule has 128 valence electrons. The number of nitriles is 1. The Morgan fingerprint density at radius 3 is 2.84 bits per heavy atom. The molecule has 5 nitrogen and oxygen atoms in total. The fourth-order valence-electron chi connectivity index (χ4n) is 2.87. The third-order valence-electron chi connectivity index (χ3n) is 4.24. The monoisotopic (exact) mass is 354 g/mol. The molecule has 1 heterocycles. The molecule has 25 heavy (non-hydrogen) atoms. The van der Waals surface area contributed by atoms with Crippen molar-refractivity contribution in [2.75, 3.05) is 5.32 Å². The first kappa shape index (κ1) is 17.2. The van der Waals surface area contributed by atoms with Crippen LogP contribution in [0.25, 0.3) is 0 Å². The summed E-state index contributed by atoms with van der Waals surface area (Å²) in [5.41, 5.74) is 2.42. The van der Waals surface area contributed by atoms with Gasteiger partial charge in [-0.1, -0.05) is 12.1 Å². The highest BCUT2D eigenvalue weighted by molar-refractivity contribution is 7.10. The lowest BCUT2D eigenvalue weighted by Gasteiger charge is -2.16. The summed E-state index contributed by atoms with van der Waals surface area (Å²) in [7, 11) is 0. The van der Waals surface area contributed by atoms with Crippen LogP contribution in [0, 0.1) is 11.3 Å². The van der Waals surface area contributed by atoms with Crippen LogP contribution in [-0.4, -0.2) is 18.0 Å². The van der Waals surface area contributed by atoms with Crippen LogP contribution in [0.5, 0.6) is 0 Å². The summed E-state index contributed by atoms with van der Waals surface area (Å²) in [6.07, 6.45) is 3.18. The molecule has 0 saturated carbocycles. The van der Waals surface area contributed by atoms with Gasteiger partial charge in [-0.2, -0.15) is 5.26 Å². The minimum Gasteiger partial charge on any atom is -0.449 e. The molecule has 1 amide bonds. The summed E-state index contributed by atoms with van der Waals surface area (Å²) >= 11 is 1.59. The Bertz CT molecular complexity index is 851. The van der Waals surface area contributed by atoms with Crippen LogP contribution in [0.15, 0.2) is 29.6 Å². The van der Waals surface area contributed by atoms with Crippen molar-refractivity contribution < 1.29 is 14.3 Å². The molecular formula is C19H18N2O3S. The molecule has 1 atom stereocenters. The van der Waals surface area contributed by atoms with Crippen molar-refractivity contribution in [2.24, 2.45) is 0 Å². The van der Waals surface area contributed by atoms with E-state index in [-0.39, 0.29) is 0 Å². The lowest BCUT2D eigenvalue weighted by atomic mass is 9.96. The topological polar surface area (TPSA) is 79.2 Å². The fraction of sp³-hybridized carbons (Fsp3) is 0.316. The molecule has 1 aliphatic rings. The number of nitrogens with one attached hydrogen (secondary N) is 1. The van der Waals surface area contributed by atoms with Gasteiger partial charge < -0.3 is 10.1 Å². The van der Waals surface area contributed by atoms with E-state index < -0.39 is 18.0 Å². The number of benzene rings is 1. The van der Waals surface area contributed by atoms with E-state index in [4.69, 9.17) is 10.00 Å². The first-order valence-electron chi connectivity index (χ1n) is 8.20. The van der Waals surface area contributed by atoms with Crippen LogP contribution < -0.4 is 5.32 Å². The van der Waals surface area contributed by atoms with Gasteiger partial charge in [-0.05, 0) is 50.3 Å². The molecule has 0 fully saturated rings. The number of hydrogen-bond acceptors (Lipinski definition) is 5. The predicted molar refractivity (Wildman–Crippen MR) is 95.6 cm³/mol. The van der Waals surface area contributed by atoms with Gasteiger partial charge in [-0.25, -0.2) is 4.79 Å². The maximum Gasteiger partial charge on any atom is 0.340 e. The number of amides is 1. The van der Waals surface area contributed by atoms with Gasteiger partial charge in [0.15, 0.2) is 6.10 Å². The average Bonchev–Trinajstić information content (AvgIpc) is 3.06. The molecule has 0 radical (unpaired) electrons. The highest BCUT2D eigenvalue weighted by Gasteiger charge is 2.25. The smallest absolute Gasteiger partial charge is 0.340 e. The van der Waals surface area contributed by atoms with Crippen LogP contribution in [0.2, 0.25) is 0 Å². The number of carbonyl (C=O) groups excluding carboxylic acids is 2. The SMILES string of the molecule is C[C@H](OC(=O)c1csc2c1CCCC2)C(=O)Nc1ccccc1C#N. The third kappa shape index (κ3) is 3.72. The second kappa shape index (κ2) is 7.49. The number of thiophene rings is 1. The number of nitrogens with zero attached hydrogens (tertiary/aromatic N) is 1. The van der Waals surface area contributed by atoms with Crippen LogP contribution in [0.1, 0.15) is 46.1 Å². The lowest BCUT2D eigenvalue weighted by molar-refractivity contribution is -0.123. The Balaban J connectivity index is 1.66. The zero-order valence-corrected chi connectivity index (χ0v) is 14.7. The summed E-state index contributed by atoms with van der Waals surface area (Å²) in [5, 5.41) is 13.5. The molecular weight excluding hydrogens is 336 g/mol. The van der Waals surface area contributed by atoms with E-state index in [1.165, 1.54) is 11.8 Å². The van der Waals surface area contributed by atoms with E-state index in [9.17, 15) is 9.59 Å². The van der Waals surface area contributed by atoms with Crippen LogP contribution >= 0.6 is 11.3 Å². The number of ether oxygens (including phenoxy) is 1. The molecule has 2 aromatic rings. The third-order valence-corrected chi connectivity index (χ3v) is 5.33. The van der Waals surface area contributed by atoms with Gasteiger partial charge in [0.2, 0.25) is 0 Å². The van der Waals surface area contributed by atoms with Gasteiger partial charge in [-0.15, -0.1) is 11.3 Å². The van der Waals surface area contributed by atoms with Gasteiger partial charge in [0.1, 0.15) is 6.07 Å². The fourth-order valence-corrected chi connectivity index (χ4v) is 3.98. The van der Waals surface area contributed by atoms with Crippen LogP contribution in [-0.2, 0) is 22.4 Å². The van der Waals surface area contributed by atoms with Crippen molar-refractivity contribution in [3.8, 4) is 6.07 Å². The van der Waals surface area contributed by atoms with E-state index in [0.717, 1.165) is 31.2 Å². The van der Waals surface area contributed by atoms with Gasteiger partial charge in [0.05, 0.1) is 16.8 Å². The lowest BCUT2D eigenvalue weighted by Crippen LogP contribution is -2.30. The van der Waals surface area contributed by atoms with Crippen molar-refractivity contribution in [3.05, 3.63) is 51.2 Å². The summed E-state index contributed by atoms with van der Waals surface area (Å²) in [4.78, 5) is 25.9. The molecule has 1 aliphatic carbocycles. The summed E-state index contributed by atoms with van der Waals surface area (Å²) < 4.78 is 5.34. The van der Waals surface area contributed by atoms with Gasteiger partial charge in [0, 0.05) is 10.3 Å². The Morgan fingerprint density at radius 1 is 1.28 bits per heavy atom. The summed E-state index contributed by atoms with van der Waals surface area (Å²) in [6.45, 7) is 1.53. The quantitative estimate of drug-likeness (QED) is 0.850. The number of aryl methyl sites for hydroxylation is 1. The molecule has 6 heteroatoms. The average molecular weight is 354 g/mol. The van der Waals surface area contributed by atoms with Crippen molar-refractivity contribution in [2.45, 2.75) is 38.7 Å². The largest absolute Gasteiger partial charge is 0.449 e. The minimum atomic E-state index is -0.946.